The van der Waals surface area contributed by atoms with Gasteiger partial charge in [0.1, 0.15) is 6.07 Å². The minimum Gasteiger partial charge on any atom is -0.315 e. The van der Waals surface area contributed by atoms with Gasteiger partial charge in [0.05, 0.1) is 6.54 Å². The van der Waals surface area contributed by atoms with Crippen molar-refractivity contribution in [3.8, 4) is 6.07 Å². The predicted molar refractivity (Wildman–Crippen MR) is 71.9 cm³/mol. The Morgan fingerprint density at radius 2 is 1.95 bits per heavy atom. The summed E-state index contributed by atoms with van der Waals surface area (Å²) >= 11 is 0. The van der Waals surface area contributed by atoms with Crippen molar-refractivity contribution < 1.29 is 4.79 Å². The van der Waals surface area contributed by atoms with Crippen molar-refractivity contribution in [2.75, 3.05) is 0 Å². The molecule has 1 heterocycles. The SMILES string of the molecule is Cc1cc(C)c(C(=O)Cn2ccnc2C#N)c(C)c1. The third-order valence-electron chi connectivity index (χ3n) is 3.09. The standard InChI is InChI=1S/C15H15N3O/c1-10-6-11(2)15(12(3)7-10)13(19)9-18-5-4-17-14(18)8-16/h4-7H,9H2,1-3H3. The van der Waals surface area contributed by atoms with E-state index in [2.05, 4.69) is 4.98 Å². The van der Waals surface area contributed by atoms with Gasteiger partial charge in [0.2, 0.25) is 5.82 Å². The van der Waals surface area contributed by atoms with Gasteiger partial charge < -0.3 is 4.57 Å². The maximum atomic E-state index is 12.4. The molecule has 4 nitrogen and oxygen atoms in total. The van der Waals surface area contributed by atoms with E-state index in [9.17, 15) is 4.79 Å². The summed E-state index contributed by atoms with van der Waals surface area (Å²) in [6.45, 7) is 6.03. The van der Waals surface area contributed by atoms with Crippen LogP contribution in [0.5, 0.6) is 0 Å². The molecule has 0 aliphatic heterocycles. The van der Waals surface area contributed by atoms with E-state index in [1.54, 1.807) is 10.8 Å². The van der Waals surface area contributed by atoms with Crippen molar-refractivity contribution in [3.05, 3.63) is 52.6 Å². The Balaban J connectivity index is 2.34. The van der Waals surface area contributed by atoms with E-state index in [0.29, 0.717) is 0 Å². The number of carbonyl (C=O) groups is 1. The molecule has 0 bridgehead atoms. The van der Waals surface area contributed by atoms with Gasteiger partial charge in [0, 0.05) is 18.0 Å². The fraction of sp³-hybridized carbons (Fsp3) is 0.267. The molecule has 0 saturated carbocycles. The van der Waals surface area contributed by atoms with Gasteiger partial charge in [0.15, 0.2) is 5.78 Å². The Bertz CT molecular complexity index is 654. The van der Waals surface area contributed by atoms with E-state index < -0.39 is 0 Å². The van der Waals surface area contributed by atoms with E-state index in [4.69, 9.17) is 5.26 Å². The van der Waals surface area contributed by atoms with Crippen LogP contribution in [0, 0.1) is 32.1 Å². The van der Waals surface area contributed by atoms with Crippen LogP contribution in [0.4, 0.5) is 0 Å². The number of hydrogen-bond donors (Lipinski definition) is 0. The summed E-state index contributed by atoms with van der Waals surface area (Å²) in [4.78, 5) is 16.3. The van der Waals surface area contributed by atoms with Gasteiger partial charge in [-0.25, -0.2) is 4.98 Å². The Labute approximate surface area is 112 Å². The number of aryl methyl sites for hydroxylation is 3. The normalized spacial score (nSPS) is 10.2. The Morgan fingerprint density at radius 1 is 1.32 bits per heavy atom. The highest BCUT2D eigenvalue weighted by Gasteiger charge is 2.14. The largest absolute Gasteiger partial charge is 0.315 e. The van der Waals surface area contributed by atoms with E-state index in [1.165, 1.54) is 6.20 Å². The number of nitriles is 1. The molecular weight excluding hydrogens is 238 g/mol. The number of ketones is 1. The number of aromatic nitrogens is 2. The first-order chi connectivity index (χ1) is 9.02. The topological polar surface area (TPSA) is 58.7 Å². The predicted octanol–water partition coefficient (Wildman–Crippen LogP) is 2.56. The second-order valence-corrected chi connectivity index (χ2v) is 4.69. The third kappa shape index (κ3) is 2.55. The van der Waals surface area contributed by atoms with Crippen LogP contribution in [-0.4, -0.2) is 15.3 Å². The van der Waals surface area contributed by atoms with Gasteiger partial charge in [0.25, 0.3) is 0 Å². The van der Waals surface area contributed by atoms with Crippen LogP contribution in [0.2, 0.25) is 0 Å². The molecule has 2 rings (SSSR count). The molecule has 0 saturated heterocycles. The van der Waals surface area contributed by atoms with Gasteiger partial charge in [-0.2, -0.15) is 5.26 Å². The quantitative estimate of drug-likeness (QED) is 0.790. The Kier molecular flexibility index (Phi) is 3.48. The highest BCUT2D eigenvalue weighted by molar-refractivity contribution is 5.98. The zero-order valence-corrected chi connectivity index (χ0v) is 11.3. The first kappa shape index (κ1) is 13.0. The summed E-state index contributed by atoms with van der Waals surface area (Å²) in [7, 11) is 0. The average Bonchev–Trinajstić information content (AvgIpc) is 2.74. The summed E-state index contributed by atoms with van der Waals surface area (Å²) < 4.78 is 1.57. The van der Waals surface area contributed by atoms with Crippen molar-refractivity contribution >= 4 is 5.78 Å². The van der Waals surface area contributed by atoms with Crippen LogP contribution < -0.4 is 0 Å². The third-order valence-corrected chi connectivity index (χ3v) is 3.09. The maximum absolute atomic E-state index is 12.4. The molecule has 0 amide bonds. The number of hydrogen-bond acceptors (Lipinski definition) is 3. The lowest BCUT2D eigenvalue weighted by molar-refractivity contribution is 0.0970. The van der Waals surface area contributed by atoms with E-state index in [1.807, 2.05) is 39.0 Å². The van der Waals surface area contributed by atoms with E-state index >= 15 is 0 Å². The summed E-state index contributed by atoms with van der Waals surface area (Å²) in [5.74, 6) is 0.264. The molecule has 0 aliphatic rings. The molecular formula is C15H15N3O. The van der Waals surface area contributed by atoms with Crippen molar-refractivity contribution in [1.82, 2.24) is 9.55 Å². The van der Waals surface area contributed by atoms with Crippen LogP contribution in [0.3, 0.4) is 0 Å². The van der Waals surface area contributed by atoms with Crippen LogP contribution in [0.25, 0.3) is 0 Å². The molecule has 4 heteroatoms. The Hall–Kier alpha value is -2.41. The molecule has 0 radical (unpaired) electrons. The molecule has 0 N–H and O–H groups in total. The van der Waals surface area contributed by atoms with Crippen molar-refractivity contribution in [2.45, 2.75) is 27.3 Å². The highest BCUT2D eigenvalue weighted by atomic mass is 16.1. The molecule has 96 valence electrons. The number of nitrogens with zero attached hydrogens (tertiary/aromatic N) is 3. The summed E-state index contributed by atoms with van der Waals surface area (Å²) in [5.41, 5.74) is 3.83. The molecule has 0 unspecified atom stereocenters. The molecule has 19 heavy (non-hydrogen) atoms. The fourth-order valence-corrected chi connectivity index (χ4v) is 2.40. The van der Waals surface area contributed by atoms with Crippen LogP contribution in [0.15, 0.2) is 24.5 Å². The van der Waals surface area contributed by atoms with Crippen LogP contribution >= 0.6 is 0 Å². The first-order valence-electron chi connectivity index (χ1n) is 6.05. The van der Waals surface area contributed by atoms with Gasteiger partial charge in [-0.3, -0.25) is 4.79 Å². The van der Waals surface area contributed by atoms with Gasteiger partial charge in [-0.05, 0) is 31.9 Å². The minimum atomic E-state index is 0.00417. The number of imidazole rings is 1. The van der Waals surface area contributed by atoms with Crippen LogP contribution in [-0.2, 0) is 6.54 Å². The lowest BCUT2D eigenvalue weighted by Gasteiger charge is -2.11. The van der Waals surface area contributed by atoms with Crippen LogP contribution in [0.1, 0.15) is 32.9 Å². The minimum absolute atomic E-state index is 0.00417. The fourth-order valence-electron chi connectivity index (χ4n) is 2.40. The van der Waals surface area contributed by atoms with E-state index in [0.717, 1.165) is 22.3 Å². The second kappa shape index (κ2) is 5.07. The van der Waals surface area contributed by atoms with Crippen molar-refractivity contribution in [2.24, 2.45) is 0 Å². The van der Waals surface area contributed by atoms with Gasteiger partial charge >= 0.3 is 0 Å². The maximum Gasteiger partial charge on any atom is 0.213 e. The Morgan fingerprint density at radius 3 is 2.53 bits per heavy atom. The molecule has 0 atom stereocenters. The molecule has 1 aromatic carbocycles. The number of carbonyl (C=O) groups excluding carboxylic acids is 1. The van der Waals surface area contributed by atoms with E-state index in [-0.39, 0.29) is 18.2 Å². The molecule has 1 aromatic heterocycles. The molecule has 2 aromatic rings. The van der Waals surface area contributed by atoms with Crippen molar-refractivity contribution in [3.63, 3.8) is 0 Å². The number of rotatable bonds is 3. The molecule has 0 spiro atoms. The monoisotopic (exact) mass is 253 g/mol. The molecule has 0 aliphatic carbocycles. The summed E-state index contributed by atoms with van der Waals surface area (Å²) in [5, 5.41) is 8.89. The summed E-state index contributed by atoms with van der Waals surface area (Å²) in [6, 6.07) is 5.97. The van der Waals surface area contributed by atoms with Gasteiger partial charge in [-0.1, -0.05) is 17.7 Å². The zero-order valence-electron chi connectivity index (χ0n) is 11.3. The average molecular weight is 253 g/mol. The van der Waals surface area contributed by atoms with Crippen molar-refractivity contribution in [1.29, 1.82) is 5.26 Å². The molecule has 0 fully saturated rings. The first-order valence-corrected chi connectivity index (χ1v) is 6.05. The smallest absolute Gasteiger partial charge is 0.213 e. The lowest BCUT2D eigenvalue weighted by atomic mass is 9.96. The number of Topliss-reactive ketones (excluding diaryl/α,β-unsaturated/α-hetero) is 1. The summed E-state index contributed by atoms with van der Waals surface area (Å²) in [6.07, 6.45) is 3.18. The number of benzene rings is 1. The van der Waals surface area contributed by atoms with Gasteiger partial charge in [-0.15, -0.1) is 0 Å². The second-order valence-electron chi connectivity index (χ2n) is 4.69. The zero-order chi connectivity index (χ0) is 14.0. The highest BCUT2D eigenvalue weighted by Crippen LogP contribution is 2.17. The lowest BCUT2D eigenvalue weighted by Crippen LogP contribution is -2.14.